The predicted octanol–water partition coefficient (Wildman–Crippen LogP) is 2.58. The molecular weight excluding hydrogens is 232 g/mol. The molecule has 1 aliphatic rings. The average molecular weight is 254 g/mol. The van der Waals surface area contributed by atoms with E-state index in [1.54, 1.807) is 11.3 Å². The van der Waals surface area contributed by atoms with Crippen molar-refractivity contribution in [1.82, 2.24) is 9.88 Å². The van der Waals surface area contributed by atoms with Gasteiger partial charge < -0.3 is 5.11 Å². The lowest BCUT2D eigenvalue weighted by atomic mass is 9.96. The van der Waals surface area contributed by atoms with Crippen LogP contribution in [0.25, 0.3) is 0 Å². The molecule has 0 radical (unpaired) electrons. The summed E-state index contributed by atoms with van der Waals surface area (Å²) in [6.07, 6.45) is 6.29. The molecule has 1 fully saturated rings. The lowest BCUT2D eigenvalue weighted by molar-refractivity contribution is 0.0200. The van der Waals surface area contributed by atoms with Crippen LogP contribution < -0.4 is 0 Å². The normalized spacial score (nSPS) is 23.8. The van der Waals surface area contributed by atoms with Crippen LogP contribution in [-0.4, -0.2) is 33.7 Å². The molecule has 1 saturated heterocycles. The molecule has 0 bridgehead atoms. The molecule has 2 atom stereocenters. The fourth-order valence-electron chi connectivity index (χ4n) is 2.60. The van der Waals surface area contributed by atoms with Gasteiger partial charge >= 0.3 is 0 Å². The summed E-state index contributed by atoms with van der Waals surface area (Å²) in [6, 6.07) is 0.344. The number of piperidine rings is 1. The molecule has 17 heavy (non-hydrogen) atoms. The monoisotopic (exact) mass is 254 g/mol. The molecule has 1 aliphatic heterocycles. The molecule has 0 saturated carbocycles. The fourth-order valence-corrected chi connectivity index (χ4v) is 3.42. The summed E-state index contributed by atoms with van der Waals surface area (Å²) in [7, 11) is 0. The van der Waals surface area contributed by atoms with Crippen molar-refractivity contribution in [1.29, 1.82) is 0 Å². The Balaban J connectivity index is 2.01. The molecular formula is C13H22N2OS. The Morgan fingerprint density at radius 1 is 1.59 bits per heavy atom. The number of aryl methyl sites for hydroxylation is 1. The topological polar surface area (TPSA) is 36.4 Å². The van der Waals surface area contributed by atoms with Crippen LogP contribution in [-0.2, 0) is 6.54 Å². The number of thiazole rings is 1. The average Bonchev–Trinajstić information content (AvgIpc) is 2.74. The summed E-state index contributed by atoms with van der Waals surface area (Å²) < 4.78 is 0. The molecule has 96 valence electrons. The van der Waals surface area contributed by atoms with E-state index < -0.39 is 0 Å². The first-order chi connectivity index (χ1) is 8.20. The van der Waals surface area contributed by atoms with Gasteiger partial charge in [0.1, 0.15) is 0 Å². The lowest BCUT2D eigenvalue weighted by Gasteiger charge is -2.37. The Kier molecular flexibility index (Phi) is 4.54. The maximum Gasteiger partial charge on any atom is 0.0897 e. The van der Waals surface area contributed by atoms with Gasteiger partial charge in [-0.2, -0.15) is 0 Å². The molecule has 1 N–H and O–H groups in total. The summed E-state index contributed by atoms with van der Waals surface area (Å²) in [5.41, 5.74) is 0. The zero-order chi connectivity index (χ0) is 12.3. The van der Waals surface area contributed by atoms with Gasteiger partial charge in [0.05, 0.1) is 11.1 Å². The Morgan fingerprint density at radius 3 is 3.06 bits per heavy atom. The number of likely N-dealkylation sites (tertiary alicyclic amines) is 1. The first kappa shape index (κ1) is 13.0. The van der Waals surface area contributed by atoms with Gasteiger partial charge in [0.15, 0.2) is 0 Å². The van der Waals surface area contributed by atoms with Crippen LogP contribution in [0.4, 0.5) is 0 Å². The van der Waals surface area contributed by atoms with Crippen molar-refractivity contribution in [3.8, 4) is 0 Å². The van der Waals surface area contributed by atoms with E-state index >= 15 is 0 Å². The smallest absolute Gasteiger partial charge is 0.0897 e. The second-order valence-corrected chi connectivity index (χ2v) is 6.17. The summed E-state index contributed by atoms with van der Waals surface area (Å²) in [5.74, 6) is 0. The van der Waals surface area contributed by atoms with Crippen molar-refractivity contribution < 1.29 is 5.11 Å². The van der Waals surface area contributed by atoms with Gasteiger partial charge in [0.2, 0.25) is 0 Å². The first-order valence-electron chi connectivity index (χ1n) is 6.54. The van der Waals surface area contributed by atoms with Gasteiger partial charge in [0, 0.05) is 23.7 Å². The Morgan fingerprint density at radius 2 is 2.41 bits per heavy atom. The lowest BCUT2D eigenvalue weighted by Crippen LogP contribution is -2.45. The van der Waals surface area contributed by atoms with E-state index in [0.717, 1.165) is 30.9 Å². The molecule has 2 heterocycles. The standard InChI is InChI=1S/C13H22N2OS/c1-3-13(16)12-6-4-5-7-15(12)9-11-8-14-10(2)17-11/h8,12-13,16H,3-7,9H2,1-2H3. The van der Waals surface area contributed by atoms with Crippen LogP contribution in [0.5, 0.6) is 0 Å². The van der Waals surface area contributed by atoms with Gasteiger partial charge in [-0.3, -0.25) is 4.90 Å². The number of aromatic nitrogens is 1. The number of aliphatic hydroxyl groups excluding tert-OH is 1. The van der Waals surface area contributed by atoms with Gasteiger partial charge in [-0.15, -0.1) is 11.3 Å². The van der Waals surface area contributed by atoms with Gasteiger partial charge in [-0.25, -0.2) is 4.98 Å². The fraction of sp³-hybridized carbons (Fsp3) is 0.769. The second-order valence-electron chi connectivity index (χ2n) is 4.85. The molecule has 2 rings (SSSR count). The Hall–Kier alpha value is -0.450. The highest BCUT2D eigenvalue weighted by molar-refractivity contribution is 7.11. The highest BCUT2D eigenvalue weighted by Crippen LogP contribution is 2.24. The third kappa shape index (κ3) is 3.27. The minimum atomic E-state index is -0.177. The second kappa shape index (κ2) is 5.94. The maximum absolute atomic E-state index is 10.1. The van der Waals surface area contributed by atoms with Gasteiger partial charge in [-0.1, -0.05) is 13.3 Å². The van der Waals surface area contributed by atoms with Crippen LogP contribution in [0.15, 0.2) is 6.20 Å². The summed E-state index contributed by atoms with van der Waals surface area (Å²) in [5, 5.41) is 11.2. The van der Waals surface area contributed by atoms with Crippen molar-refractivity contribution in [2.24, 2.45) is 0 Å². The molecule has 4 heteroatoms. The van der Waals surface area contributed by atoms with Crippen LogP contribution >= 0.6 is 11.3 Å². The zero-order valence-electron chi connectivity index (χ0n) is 10.7. The SMILES string of the molecule is CCC(O)C1CCCCN1Cc1cnc(C)s1. The van der Waals surface area contributed by atoms with E-state index in [1.807, 2.05) is 13.1 Å². The summed E-state index contributed by atoms with van der Waals surface area (Å²) >= 11 is 1.77. The van der Waals surface area contributed by atoms with Crippen LogP contribution in [0.3, 0.4) is 0 Å². The van der Waals surface area contributed by atoms with Crippen molar-refractivity contribution in [2.75, 3.05) is 6.54 Å². The van der Waals surface area contributed by atoms with E-state index in [2.05, 4.69) is 16.8 Å². The maximum atomic E-state index is 10.1. The molecule has 1 aromatic heterocycles. The molecule has 0 spiro atoms. The van der Waals surface area contributed by atoms with Crippen molar-refractivity contribution >= 4 is 11.3 Å². The van der Waals surface area contributed by atoms with E-state index in [1.165, 1.54) is 17.7 Å². The largest absolute Gasteiger partial charge is 0.392 e. The Labute approximate surface area is 107 Å². The minimum Gasteiger partial charge on any atom is -0.392 e. The van der Waals surface area contributed by atoms with Crippen LogP contribution in [0.2, 0.25) is 0 Å². The van der Waals surface area contributed by atoms with Crippen molar-refractivity contribution in [2.45, 2.75) is 58.2 Å². The third-order valence-corrected chi connectivity index (χ3v) is 4.45. The summed E-state index contributed by atoms with van der Waals surface area (Å²) in [4.78, 5) is 8.05. The molecule has 0 amide bonds. The minimum absolute atomic E-state index is 0.177. The predicted molar refractivity (Wildman–Crippen MR) is 71.2 cm³/mol. The van der Waals surface area contributed by atoms with E-state index in [-0.39, 0.29) is 6.10 Å². The van der Waals surface area contributed by atoms with Crippen LogP contribution in [0.1, 0.15) is 42.5 Å². The molecule has 1 aromatic rings. The van der Waals surface area contributed by atoms with Crippen molar-refractivity contribution in [3.05, 3.63) is 16.1 Å². The molecule has 0 aliphatic carbocycles. The highest BCUT2D eigenvalue weighted by atomic mass is 32.1. The highest BCUT2D eigenvalue weighted by Gasteiger charge is 2.27. The number of nitrogens with zero attached hydrogens (tertiary/aromatic N) is 2. The number of rotatable bonds is 4. The quantitative estimate of drug-likeness (QED) is 0.897. The Bertz CT molecular complexity index is 353. The van der Waals surface area contributed by atoms with E-state index in [9.17, 15) is 5.11 Å². The number of aliphatic hydroxyl groups is 1. The third-order valence-electron chi connectivity index (χ3n) is 3.55. The van der Waals surface area contributed by atoms with E-state index in [0.29, 0.717) is 6.04 Å². The number of hydrogen-bond donors (Lipinski definition) is 1. The first-order valence-corrected chi connectivity index (χ1v) is 7.35. The zero-order valence-corrected chi connectivity index (χ0v) is 11.5. The summed E-state index contributed by atoms with van der Waals surface area (Å²) in [6.45, 7) is 6.17. The number of hydrogen-bond acceptors (Lipinski definition) is 4. The van der Waals surface area contributed by atoms with Gasteiger partial charge in [0.25, 0.3) is 0 Å². The molecule has 2 unspecified atom stereocenters. The molecule has 0 aromatic carbocycles. The molecule has 3 nitrogen and oxygen atoms in total. The van der Waals surface area contributed by atoms with Gasteiger partial charge in [-0.05, 0) is 32.7 Å². The van der Waals surface area contributed by atoms with Crippen LogP contribution in [0, 0.1) is 6.92 Å². The van der Waals surface area contributed by atoms with Crippen molar-refractivity contribution in [3.63, 3.8) is 0 Å². The van der Waals surface area contributed by atoms with E-state index in [4.69, 9.17) is 0 Å².